The highest BCUT2D eigenvalue weighted by Crippen LogP contribution is 2.23. The van der Waals surface area contributed by atoms with Crippen LogP contribution in [0.3, 0.4) is 0 Å². The summed E-state index contributed by atoms with van der Waals surface area (Å²) in [6.45, 7) is 2.04. The highest BCUT2D eigenvalue weighted by Gasteiger charge is 2.04. The van der Waals surface area contributed by atoms with Gasteiger partial charge < -0.3 is 4.18 Å². The molecule has 0 N–H and O–H groups in total. The van der Waals surface area contributed by atoms with E-state index in [0.717, 1.165) is 16.9 Å². The zero-order valence-corrected chi connectivity index (χ0v) is 9.69. The monoisotopic (exact) mass is 232 g/mol. The van der Waals surface area contributed by atoms with E-state index in [0.29, 0.717) is 5.75 Å². The topological polar surface area (TPSA) is 43.4 Å². The molecule has 0 unspecified atom stereocenters. The van der Waals surface area contributed by atoms with Crippen molar-refractivity contribution in [3.05, 3.63) is 24.3 Å². The summed E-state index contributed by atoms with van der Waals surface area (Å²) >= 11 is 1.64. The summed E-state index contributed by atoms with van der Waals surface area (Å²) in [6.07, 6.45) is 1.03. The summed E-state index contributed by atoms with van der Waals surface area (Å²) in [5.41, 5.74) is 0. The lowest BCUT2D eigenvalue weighted by Gasteiger charge is -2.04. The van der Waals surface area contributed by atoms with E-state index in [4.69, 9.17) is 4.18 Å². The van der Waals surface area contributed by atoms with E-state index < -0.39 is 10.1 Å². The predicted octanol–water partition coefficient (Wildman–Crippen LogP) is 2.14. The number of rotatable bonds is 4. The molecule has 0 aliphatic heterocycles. The Bertz CT molecular complexity index is 398. The molecule has 0 saturated heterocycles. The molecule has 0 radical (unpaired) electrons. The zero-order chi connectivity index (χ0) is 10.6. The first-order chi connectivity index (χ1) is 6.51. The molecule has 78 valence electrons. The van der Waals surface area contributed by atoms with Crippen LogP contribution in [0.5, 0.6) is 5.75 Å². The average molecular weight is 232 g/mol. The van der Waals surface area contributed by atoms with Gasteiger partial charge in [-0.2, -0.15) is 8.42 Å². The van der Waals surface area contributed by atoms with Gasteiger partial charge in [0.05, 0.1) is 6.26 Å². The molecule has 0 aliphatic carbocycles. The number of thioether (sulfide) groups is 1. The maximum atomic E-state index is 10.8. The lowest BCUT2D eigenvalue weighted by atomic mass is 10.3. The molecule has 1 aromatic rings. The van der Waals surface area contributed by atoms with Crippen molar-refractivity contribution in [2.24, 2.45) is 0 Å². The number of hydrogen-bond donors (Lipinski definition) is 0. The SMILES string of the molecule is CCSc1cccc(OS(C)(=O)=O)c1. The molecule has 0 aromatic heterocycles. The molecule has 14 heavy (non-hydrogen) atoms. The van der Waals surface area contributed by atoms with Gasteiger partial charge in [-0.25, -0.2) is 0 Å². The molecule has 0 spiro atoms. The average Bonchev–Trinajstić information content (AvgIpc) is 2.02. The maximum absolute atomic E-state index is 10.8. The molecule has 1 rings (SSSR count). The second kappa shape index (κ2) is 4.70. The van der Waals surface area contributed by atoms with Crippen molar-refractivity contribution in [2.75, 3.05) is 12.0 Å². The van der Waals surface area contributed by atoms with Gasteiger partial charge in [0.25, 0.3) is 0 Å². The summed E-state index contributed by atoms with van der Waals surface area (Å²) in [5.74, 6) is 1.31. The molecule has 0 bridgehead atoms. The van der Waals surface area contributed by atoms with Crippen molar-refractivity contribution < 1.29 is 12.6 Å². The van der Waals surface area contributed by atoms with E-state index in [1.54, 1.807) is 30.0 Å². The van der Waals surface area contributed by atoms with Gasteiger partial charge in [0.2, 0.25) is 0 Å². The minimum Gasteiger partial charge on any atom is -0.383 e. The van der Waals surface area contributed by atoms with Crippen molar-refractivity contribution in [1.29, 1.82) is 0 Å². The Kier molecular flexibility index (Phi) is 3.83. The van der Waals surface area contributed by atoms with Crippen LogP contribution < -0.4 is 4.18 Å². The largest absolute Gasteiger partial charge is 0.383 e. The lowest BCUT2D eigenvalue weighted by Crippen LogP contribution is -2.05. The van der Waals surface area contributed by atoms with Gasteiger partial charge in [-0.1, -0.05) is 13.0 Å². The van der Waals surface area contributed by atoms with Gasteiger partial charge >= 0.3 is 10.1 Å². The van der Waals surface area contributed by atoms with Crippen LogP contribution in [0, 0.1) is 0 Å². The fourth-order valence-corrected chi connectivity index (χ4v) is 2.12. The third-order valence-electron chi connectivity index (χ3n) is 1.36. The van der Waals surface area contributed by atoms with Crippen LogP contribution in [0.15, 0.2) is 29.2 Å². The van der Waals surface area contributed by atoms with E-state index in [1.807, 2.05) is 13.0 Å². The maximum Gasteiger partial charge on any atom is 0.306 e. The third-order valence-corrected chi connectivity index (χ3v) is 2.74. The minimum absolute atomic E-state index is 0.367. The molecule has 0 aliphatic rings. The van der Waals surface area contributed by atoms with Gasteiger partial charge in [0, 0.05) is 4.90 Å². The molecule has 1 aromatic carbocycles. The molecule has 0 atom stereocenters. The lowest BCUT2D eigenvalue weighted by molar-refractivity contribution is 0.492. The van der Waals surface area contributed by atoms with Crippen molar-refractivity contribution in [1.82, 2.24) is 0 Å². The van der Waals surface area contributed by atoms with E-state index in [-0.39, 0.29) is 0 Å². The third kappa shape index (κ3) is 4.02. The summed E-state index contributed by atoms with van der Waals surface area (Å²) in [6, 6.07) is 7.04. The number of benzene rings is 1. The minimum atomic E-state index is -3.42. The van der Waals surface area contributed by atoms with Crippen LogP contribution in [0.1, 0.15) is 6.92 Å². The Morgan fingerprint density at radius 3 is 2.71 bits per heavy atom. The first-order valence-electron chi connectivity index (χ1n) is 4.13. The first-order valence-corrected chi connectivity index (χ1v) is 6.94. The molecular weight excluding hydrogens is 220 g/mol. The molecule has 0 fully saturated rings. The predicted molar refractivity (Wildman–Crippen MR) is 58.3 cm³/mol. The van der Waals surface area contributed by atoms with E-state index >= 15 is 0 Å². The quantitative estimate of drug-likeness (QED) is 0.589. The fourth-order valence-electron chi connectivity index (χ4n) is 0.957. The molecule has 0 saturated carbocycles. The highest BCUT2D eigenvalue weighted by molar-refractivity contribution is 7.99. The van der Waals surface area contributed by atoms with Gasteiger partial charge in [0.15, 0.2) is 0 Å². The van der Waals surface area contributed by atoms with Crippen molar-refractivity contribution in [2.45, 2.75) is 11.8 Å². The van der Waals surface area contributed by atoms with Gasteiger partial charge in [0.1, 0.15) is 5.75 Å². The molecule has 3 nitrogen and oxygen atoms in total. The summed E-state index contributed by atoms with van der Waals surface area (Å²) in [7, 11) is -3.42. The first kappa shape index (κ1) is 11.4. The zero-order valence-electron chi connectivity index (χ0n) is 8.06. The highest BCUT2D eigenvalue weighted by atomic mass is 32.2. The van der Waals surface area contributed by atoms with Crippen LogP contribution in [-0.4, -0.2) is 20.4 Å². The standard InChI is InChI=1S/C9H12O3S2/c1-3-13-9-6-4-5-8(7-9)12-14(2,10)11/h4-7H,3H2,1-2H3. The van der Waals surface area contributed by atoms with Gasteiger partial charge in [-0.15, -0.1) is 11.8 Å². The van der Waals surface area contributed by atoms with Crippen LogP contribution in [-0.2, 0) is 10.1 Å². The van der Waals surface area contributed by atoms with Gasteiger partial charge in [-0.3, -0.25) is 0 Å². The number of hydrogen-bond acceptors (Lipinski definition) is 4. The van der Waals surface area contributed by atoms with E-state index in [1.165, 1.54) is 0 Å². The summed E-state index contributed by atoms with van der Waals surface area (Å²) < 4.78 is 26.4. The molecule has 5 heteroatoms. The molecular formula is C9H12O3S2. The fraction of sp³-hybridized carbons (Fsp3) is 0.333. The Hall–Kier alpha value is -0.680. The van der Waals surface area contributed by atoms with Crippen molar-refractivity contribution in [3.8, 4) is 5.75 Å². The van der Waals surface area contributed by atoms with Crippen LogP contribution in [0.25, 0.3) is 0 Å². The van der Waals surface area contributed by atoms with E-state index in [9.17, 15) is 8.42 Å². The van der Waals surface area contributed by atoms with Crippen molar-refractivity contribution in [3.63, 3.8) is 0 Å². The Morgan fingerprint density at radius 1 is 1.43 bits per heavy atom. The van der Waals surface area contributed by atoms with Crippen LogP contribution in [0.4, 0.5) is 0 Å². The van der Waals surface area contributed by atoms with Crippen molar-refractivity contribution >= 4 is 21.9 Å². The summed E-state index contributed by atoms with van der Waals surface area (Å²) in [4.78, 5) is 1.01. The molecule has 0 heterocycles. The normalized spacial score (nSPS) is 11.3. The second-order valence-electron chi connectivity index (χ2n) is 2.70. The van der Waals surface area contributed by atoms with Crippen LogP contribution >= 0.6 is 11.8 Å². The van der Waals surface area contributed by atoms with E-state index in [2.05, 4.69) is 0 Å². The second-order valence-corrected chi connectivity index (χ2v) is 5.61. The Balaban J connectivity index is 2.83. The summed E-state index contributed by atoms with van der Waals surface area (Å²) in [5, 5.41) is 0. The Morgan fingerprint density at radius 2 is 2.14 bits per heavy atom. The van der Waals surface area contributed by atoms with Gasteiger partial charge in [-0.05, 0) is 24.0 Å². The molecule has 0 amide bonds. The van der Waals surface area contributed by atoms with Crippen LogP contribution in [0.2, 0.25) is 0 Å². The Labute approximate surface area is 88.6 Å². The smallest absolute Gasteiger partial charge is 0.306 e.